The number of piperazine rings is 1. The molecule has 3 nitrogen and oxygen atoms in total. The van der Waals surface area contributed by atoms with E-state index in [0.29, 0.717) is 11.7 Å². The number of nitrogens with zero attached hydrogens (tertiary/aromatic N) is 2. The first-order valence-electron chi connectivity index (χ1n) is 9.07. The zero-order valence-corrected chi connectivity index (χ0v) is 15.1. The van der Waals surface area contributed by atoms with Crippen LogP contribution in [0.15, 0.2) is 24.3 Å². The molecule has 3 heteroatoms. The third-order valence-corrected chi connectivity index (χ3v) is 4.77. The fraction of sp³-hybridized carbons (Fsp3) is 0.650. The summed E-state index contributed by atoms with van der Waals surface area (Å²) >= 11 is 0. The van der Waals surface area contributed by atoms with Crippen molar-refractivity contribution in [3.05, 3.63) is 35.4 Å². The van der Waals surface area contributed by atoms with E-state index in [1.807, 2.05) is 0 Å². The lowest BCUT2D eigenvalue weighted by Gasteiger charge is -2.34. The first kappa shape index (κ1) is 18.2. The molecule has 2 rings (SSSR count). The van der Waals surface area contributed by atoms with Gasteiger partial charge in [-0.1, -0.05) is 38.1 Å². The molecule has 0 N–H and O–H groups in total. The van der Waals surface area contributed by atoms with E-state index in [9.17, 15) is 4.79 Å². The molecule has 1 fully saturated rings. The van der Waals surface area contributed by atoms with E-state index in [4.69, 9.17) is 0 Å². The van der Waals surface area contributed by atoms with E-state index in [1.165, 1.54) is 11.1 Å². The number of hydrogen-bond donors (Lipinski definition) is 0. The van der Waals surface area contributed by atoms with Gasteiger partial charge in [0.2, 0.25) is 0 Å². The Bertz CT molecular complexity index is 473. The molecule has 23 heavy (non-hydrogen) atoms. The van der Waals surface area contributed by atoms with Gasteiger partial charge < -0.3 is 9.69 Å². The molecule has 1 heterocycles. The van der Waals surface area contributed by atoms with Crippen molar-refractivity contribution in [3.63, 3.8) is 0 Å². The molecular weight excluding hydrogens is 284 g/mol. The molecule has 0 radical (unpaired) electrons. The van der Waals surface area contributed by atoms with Crippen molar-refractivity contribution in [2.24, 2.45) is 0 Å². The van der Waals surface area contributed by atoms with Crippen LogP contribution in [0, 0.1) is 0 Å². The number of unbranched alkanes of at least 4 members (excludes halogenated alkanes) is 1. The number of carbonyl (C=O) groups excluding carboxylic acids is 1. The molecule has 0 aromatic heterocycles. The number of benzene rings is 1. The van der Waals surface area contributed by atoms with Crippen molar-refractivity contribution in [1.82, 2.24) is 9.80 Å². The lowest BCUT2D eigenvalue weighted by molar-refractivity contribution is -0.117. The lowest BCUT2D eigenvalue weighted by Crippen LogP contribution is -2.46. The largest absolute Gasteiger partial charge is 0.301 e. The van der Waals surface area contributed by atoms with Crippen molar-refractivity contribution >= 4 is 5.78 Å². The van der Waals surface area contributed by atoms with Crippen molar-refractivity contribution in [3.8, 4) is 0 Å². The Morgan fingerprint density at radius 1 is 1.00 bits per heavy atom. The van der Waals surface area contributed by atoms with Gasteiger partial charge in [0.15, 0.2) is 0 Å². The highest BCUT2D eigenvalue weighted by molar-refractivity contribution is 5.75. The van der Waals surface area contributed by atoms with Crippen LogP contribution < -0.4 is 0 Å². The van der Waals surface area contributed by atoms with Gasteiger partial charge in [-0.15, -0.1) is 0 Å². The van der Waals surface area contributed by atoms with E-state index >= 15 is 0 Å². The Hall–Kier alpha value is -1.19. The number of carbonyl (C=O) groups is 1. The second-order valence-corrected chi connectivity index (χ2v) is 7.17. The summed E-state index contributed by atoms with van der Waals surface area (Å²) in [6.07, 6.45) is 2.93. The summed E-state index contributed by atoms with van der Waals surface area (Å²) in [5, 5.41) is 0. The molecule has 1 aromatic carbocycles. The van der Waals surface area contributed by atoms with Gasteiger partial charge in [0.25, 0.3) is 0 Å². The molecule has 1 saturated heterocycles. The summed E-state index contributed by atoms with van der Waals surface area (Å²) in [4.78, 5) is 16.0. The molecule has 0 bridgehead atoms. The summed E-state index contributed by atoms with van der Waals surface area (Å²) in [5.74, 6) is 0.925. The van der Waals surface area contributed by atoms with Gasteiger partial charge in [-0.25, -0.2) is 0 Å². The van der Waals surface area contributed by atoms with Crippen molar-refractivity contribution in [2.75, 3.05) is 32.7 Å². The number of Topliss-reactive ketones (excluding diaryl/α,β-unsaturated/α-hetero) is 1. The van der Waals surface area contributed by atoms with Crippen LogP contribution in [0.25, 0.3) is 0 Å². The van der Waals surface area contributed by atoms with Gasteiger partial charge in [-0.05, 0) is 43.4 Å². The minimum atomic E-state index is 0.318. The fourth-order valence-corrected chi connectivity index (χ4v) is 3.15. The standard InChI is InChI=1S/C20H32N2O/c1-17(2)20-9-7-19(8-10-20)16-22-14-12-21(13-15-22)11-5-4-6-18(3)23/h7-10,17H,4-6,11-16H2,1-3H3. The van der Waals surface area contributed by atoms with E-state index < -0.39 is 0 Å². The highest BCUT2D eigenvalue weighted by atomic mass is 16.1. The molecule has 0 unspecified atom stereocenters. The summed E-state index contributed by atoms with van der Waals surface area (Å²) in [7, 11) is 0. The van der Waals surface area contributed by atoms with Gasteiger partial charge in [-0.2, -0.15) is 0 Å². The number of rotatable bonds is 8. The normalized spacial score (nSPS) is 16.9. The van der Waals surface area contributed by atoms with Crippen LogP contribution in [0.3, 0.4) is 0 Å². The Kier molecular flexibility index (Phi) is 7.25. The van der Waals surface area contributed by atoms with Crippen LogP contribution >= 0.6 is 0 Å². The van der Waals surface area contributed by atoms with Gasteiger partial charge in [0.05, 0.1) is 0 Å². The molecule has 0 aliphatic carbocycles. The third kappa shape index (κ3) is 6.44. The molecule has 1 aromatic rings. The maximum absolute atomic E-state index is 10.9. The first-order valence-corrected chi connectivity index (χ1v) is 9.07. The minimum Gasteiger partial charge on any atom is -0.301 e. The topological polar surface area (TPSA) is 23.6 Å². The molecule has 128 valence electrons. The summed E-state index contributed by atoms with van der Waals surface area (Å²) in [6.45, 7) is 13.0. The average Bonchev–Trinajstić information content (AvgIpc) is 2.53. The van der Waals surface area contributed by atoms with E-state index in [-0.39, 0.29) is 0 Å². The van der Waals surface area contributed by atoms with Crippen LogP contribution in [-0.2, 0) is 11.3 Å². The zero-order chi connectivity index (χ0) is 16.7. The van der Waals surface area contributed by atoms with Crippen molar-refractivity contribution in [2.45, 2.75) is 52.5 Å². The van der Waals surface area contributed by atoms with E-state index in [0.717, 1.165) is 58.5 Å². The first-order chi connectivity index (χ1) is 11.0. The van der Waals surface area contributed by atoms with Crippen molar-refractivity contribution < 1.29 is 4.79 Å². The van der Waals surface area contributed by atoms with Crippen LogP contribution in [0.1, 0.15) is 57.1 Å². The molecule has 0 saturated carbocycles. The summed E-state index contributed by atoms with van der Waals surface area (Å²) in [5.41, 5.74) is 2.84. The predicted molar refractivity (Wildman–Crippen MR) is 96.8 cm³/mol. The van der Waals surface area contributed by atoms with Gasteiger partial charge in [0.1, 0.15) is 5.78 Å². The van der Waals surface area contributed by atoms with E-state index in [1.54, 1.807) is 6.92 Å². The molecular formula is C20H32N2O. The summed E-state index contributed by atoms with van der Waals surface area (Å²) in [6, 6.07) is 9.10. The zero-order valence-electron chi connectivity index (χ0n) is 15.1. The molecule has 0 atom stereocenters. The maximum atomic E-state index is 10.9. The smallest absolute Gasteiger partial charge is 0.129 e. The van der Waals surface area contributed by atoms with Crippen LogP contribution in [0.4, 0.5) is 0 Å². The Labute approximate surface area is 141 Å². The highest BCUT2D eigenvalue weighted by Gasteiger charge is 2.16. The molecule has 0 spiro atoms. The van der Waals surface area contributed by atoms with Crippen LogP contribution in [0.2, 0.25) is 0 Å². The quantitative estimate of drug-likeness (QED) is 0.683. The second-order valence-electron chi connectivity index (χ2n) is 7.17. The fourth-order valence-electron chi connectivity index (χ4n) is 3.15. The molecule has 1 aliphatic heterocycles. The average molecular weight is 316 g/mol. The monoisotopic (exact) mass is 316 g/mol. The SMILES string of the molecule is CC(=O)CCCCN1CCN(Cc2ccc(C(C)C)cc2)CC1. The summed E-state index contributed by atoms with van der Waals surface area (Å²) < 4.78 is 0. The van der Waals surface area contributed by atoms with Crippen molar-refractivity contribution in [1.29, 1.82) is 0 Å². The minimum absolute atomic E-state index is 0.318. The Balaban J connectivity index is 1.67. The second kappa shape index (κ2) is 9.19. The number of hydrogen-bond acceptors (Lipinski definition) is 3. The van der Waals surface area contributed by atoms with Gasteiger partial charge in [0, 0.05) is 39.1 Å². The third-order valence-electron chi connectivity index (χ3n) is 4.77. The highest BCUT2D eigenvalue weighted by Crippen LogP contribution is 2.16. The van der Waals surface area contributed by atoms with Gasteiger partial charge in [-0.3, -0.25) is 4.90 Å². The van der Waals surface area contributed by atoms with Gasteiger partial charge >= 0.3 is 0 Å². The molecule has 1 aliphatic rings. The molecule has 0 amide bonds. The lowest BCUT2D eigenvalue weighted by atomic mass is 10.0. The predicted octanol–water partition coefficient (Wildman–Crippen LogP) is 3.69. The maximum Gasteiger partial charge on any atom is 0.129 e. The number of ketones is 1. The van der Waals surface area contributed by atoms with Crippen LogP contribution in [-0.4, -0.2) is 48.3 Å². The van der Waals surface area contributed by atoms with E-state index in [2.05, 4.69) is 47.9 Å². The Morgan fingerprint density at radius 3 is 2.17 bits per heavy atom. The van der Waals surface area contributed by atoms with Crippen LogP contribution in [0.5, 0.6) is 0 Å². The Morgan fingerprint density at radius 2 is 1.61 bits per heavy atom.